The fraction of sp³-hybridized carbons (Fsp3) is 0.118. The van der Waals surface area contributed by atoms with Crippen LogP contribution in [0.1, 0.15) is 11.1 Å². The van der Waals surface area contributed by atoms with Crippen molar-refractivity contribution in [3.8, 4) is 11.3 Å². The predicted molar refractivity (Wildman–Crippen MR) is 91.7 cm³/mol. The summed E-state index contributed by atoms with van der Waals surface area (Å²) in [5.74, 6) is -0.556. The van der Waals surface area contributed by atoms with Crippen LogP contribution in [0, 0.1) is 0 Å². The maximum Gasteiger partial charge on any atom is 0.416 e. The van der Waals surface area contributed by atoms with Crippen LogP contribution in [-0.2, 0) is 22.0 Å². The highest BCUT2D eigenvalue weighted by Crippen LogP contribution is 2.30. The van der Waals surface area contributed by atoms with Gasteiger partial charge in [0.15, 0.2) is 0 Å². The monoisotopic (exact) mass is 381 g/mol. The number of benzene rings is 2. The maximum atomic E-state index is 12.7. The molecule has 3 rings (SSSR count). The molecule has 136 valence electrons. The van der Waals surface area contributed by atoms with Gasteiger partial charge in [0.2, 0.25) is 10.0 Å². The molecule has 0 spiro atoms. The van der Waals surface area contributed by atoms with Crippen molar-refractivity contribution in [3.63, 3.8) is 0 Å². The first kappa shape index (κ1) is 18.0. The lowest BCUT2D eigenvalue weighted by molar-refractivity contribution is -0.137. The van der Waals surface area contributed by atoms with Crippen molar-refractivity contribution in [2.24, 2.45) is 0 Å². The number of hydrogen-bond donors (Lipinski definition) is 2. The minimum atomic E-state index is -4.52. The van der Waals surface area contributed by atoms with Gasteiger partial charge in [0.1, 0.15) is 0 Å². The average molecular weight is 381 g/mol. The highest BCUT2D eigenvalue weighted by atomic mass is 32.2. The van der Waals surface area contributed by atoms with Crippen molar-refractivity contribution in [1.82, 2.24) is 10.2 Å². The SMILES string of the molecule is O=S(=O)(Cc1cccc(C(F)(F)F)c1)Nc1ccc(-c2ccn[nH]2)cc1. The summed E-state index contributed by atoms with van der Waals surface area (Å²) in [6.45, 7) is 0. The van der Waals surface area contributed by atoms with Crippen molar-refractivity contribution in [2.45, 2.75) is 11.9 Å². The quantitative estimate of drug-likeness (QED) is 0.701. The summed E-state index contributed by atoms with van der Waals surface area (Å²) in [4.78, 5) is 0. The van der Waals surface area contributed by atoms with Gasteiger partial charge in [-0.2, -0.15) is 18.3 Å². The largest absolute Gasteiger partial charge is 0.416 e. The molecule has 0 fully saturated rings. The number of aromatic nitrogens is 2. The minimum Gasteiger partial charge on any atom is -0.283 e. The molecular weight excluding hydrogens is 367 g/mol. The Morgan fingerprint density at radius 3 is 2.38 bits per heavy atom. The van der Waals surface area contributed by atoms with Crippen molar-refractivity contribution in [2.75, 3.05) is 4.72 Å². The summed E-state index contributed by atoms with van der Waals surface area (Å²) in [5, 5.41) is 6.63. The molecule has 1 aromatic heterocycles. The van der Waals surface area contributed by atoms with Crippen LogP contribution in [0.3, 0.4) is 0 Å². The zero-order valence-electron chi connectivity index (χ0n) is 13.3. The van der Waals surface area contributed by atoms with E-state index in [0.717, 1.165) is 23.4 Å². The van der Waals surface area contributed by atoms with Crippen LogP contribution in [0.25, 0.3) is 11.3 Å². The molecule has 0 unspecified atom stereocenters. The number of aromatic amines is 1. The van der Waals surface area contributed by atoms with Gasteiger partial charge < -0.3 is 0 Å². The average Bonchev–Trinajstić information content (AvgIpc) is 3.08. The molecule has 0 amide bonds. The molecular formula is C17H14F3N3O2S. The summed E-state index contributed by atoms with van der Waals surface area (Å²) in [7, 11) is -3.85. The van der Waals surface area contributed by atoms with E-state index in [1.807, 2.05) is 0 Å². The first-order valence-corrected chi connectivity index (χ1v) is 9.15. The van der Waals surface area contributed by atoms with Crippen LogP contribution in [0.15, 0.2) is 60.8 Å². The summed E-state index contributed by atoms with van der Waals surface area (Å²) in [6, 6.07) is 12.6. The van der Waals surface area contributed by atoms with Crippen LogP contribution in [-0.4, -0.2) is 18.6 Å². The number of nitrogens with one attached hydrogen (secondary N) is 2. The molecule has 3 aromatic rings. The number of nitrogens with zero attached hydrogens (tertiary/aromatic N) is 1. The van der Waals surface area contributed by atoms with E-state index >= 15 is 0 Å². The van der Waals surface area contributed by atoms with E-state index in [-0.39, 0.29) is 5.56 Å². The Hall–Kier alpha value is -2.81. The summed E-state index contributed by atoms with van der Waals surface area (Å²) in [5.41, 5.74) is 1.10. The highest BCUT2D eigenvalue weighted by Gasteiger charge is 2.30. The normalized spacial score (nSPS) is 12.1. The zero-order chi connectivity index (χ0) is 18.8. The Bertz CT molecular complexity index is 983. The predicted octanol–water partition coefficient (Wildman–Crippen LogP) is 4.04. The lowest BCUT2D eigenvalue weighted by atomic mass is 10.1. The molecule has 0 radical (unpaired) electrons. The van der Waals surface area contributed by atoms with E-state index < -0.39 is 27.5 Å². The summed E-state index contributed by atoms with van der Waals surface area (Å²) >= 11 is 0. The third-order valence-electron chi connectivity index (χ3n) is 3.58. The number of rotatable bonds is 5. The lowest BCUT2D eigenvalue weighted by Gasteiger charge is -2.11. The summed E-state index contributed by atoms with van der Waals surface area (Å²) in [6.07, 6.45) is -2.92. The molecule has 2 N–H and O–H groups in total. The molecule has 0 aliphatic heterocycles. The van der Waals surface area contributed by atoms with Gasteiger partial charge in [-0.05, 0) is 35.4 Å². The fourth-order valence-corrected chi connectivity index (χ4v) is 3.59. The molecule has 1 heterocycles. The minimum absolute atomic E-state index is 0.0569. The van der Waals surface area contributed by atoms with Crippen molar-refractivity contribution in [1.29, 1.82) is 0 Å². The second-order valence-corrected chi connectivity index (χ2v) is 7.33. The Morgan fingerprint density at radius 1 is 1.04 bits per heavy atom. The molecule has 2 aromatic carbocycles. The van der Waals surface area contributed by atoms with Gasteiger partial charge in [-0.1, -0.05) is 30.3 Å². The van der Waals surface area contributed by atoms with Crippen LogP contribution in [0.2, 0.25) is 0 Å². The molecule has 0 atom stereocenters. The molecule has 0 aliphatic rings. The van der Waals surface area contributed by atoms with Gasteiger partial charge >= 0.3 is 6.18 Å². The number of hydrogen-bond acceptors (Lipinski definition) is 3. The van der Waals surface area contributed by atoms with E-state index in [4.69, 9.17) is 0 Å². The molecule has 0 aliphatic carbocycles. The van der Waals surface area contributed by atoms with Gasteiger partial charge in [-0.3, -0.25) is 9.82 Å². The number of sulfonamides is 1. The van der Waals surface area contributed by atoms with Crippen LogP contribution >= 0.6 is 0 Å². The van der Waals surface area contributed by atoms with Gasteiger partial charge in [0.25, 0.3) is 0 Å². The first-order valence-electron chi connectivity index (χ1n) is 7.49. The van der Waals surface area contributed by atoms with Crippen LogP contribution in [0.5, 0.6) is 0 Å². The lowest BCUT2D eigenvalue weighted by Crippen LogP contribution is -2.15. The number of H-pyrrole nitrogens is 1. The van der Waals surface area contributed by atoms with E-state index in [0.29, 0.717) is 5.69 Å². The van der Waals surface area contributed by atoms with E-state index in [1.165, 1.54) is 12.1 Å². The number of alkyl halides is 3. The Labute approximate surface area is 147 Å². The maximum absolute atomic E-state index is 12.7. The molecule has 5 nitrogen and oxygen atoms in total. The van der Waals surface area contributed by atoms with Crippen molar-refractivity contribution in [3.05, 3.63) is 71.9 Å². The van der Waals surface area contributed by atoms with E-state index in [1.54, 1.807) is 36.5 Å². The van der Waals surface area contributed by atoms with E-state index in [2.05, 4.69) is 14.9 Å². The third kappa shape index (κ3) is 4.42. The van der Waals surface area contributed by atoms with Crippen molar-refractivity contribution >= 4 is 15.7 Å². The number of anilines is 1. The van der Waals surface area contributed by atoms with Gasteiger partial charge in [-0.25, -0.2) is 8.42 Å². The third-order valence-corrected chi connectivity index (χ3v) is 4.84. The standard InChI is InChI=1S/C17H14F3N3O2S/c18-17(19,20)14-3-1-2-12(10-14)11-26(24,25)23-15-6-4-13(5-7-15)16-8-9-21-22-16/h1-10,23H,11H2,(H,21,22). The van der Waals surface area contributed by atoms with Gasteiger partial charge in [0, 0.05) is 11.9 Å². The molecule has 0 saturated heterocycles. The second-order valence-electron chi connectivity index (χ2n) is 5.61. The Balaban J connectivity index is 1.73. The topological polar surface area (TPSA) is 74.8 Å². The summed E-state index contributed by atoms with van der Waals surface area (Å²) < 4.78 is 65.0. The first-order chi connectivity index (χ1) is 12.2. The highest BCUT2D eigenvalue weighted by molar-refractivity contribution is 7.91. The van der Waals surface area contributed by atoms with Crippen LogP contribution < -0.4 is 4.72 Å². The fourth-order valence-electron chi connectivity index (χ4n) is 2.41. The van der Waals surface area contributed by atoms with Gasteiger partial charge in [-0.15, -0.1) is 0 Å². The Kier molecular flexibility index (Phi) is 4.73. The molecule has 0 bridgehead atoms. The zero-order valence-corrected chi connectivity index (χ0v) is 14.1. The smallest absolute Gasteiger partial charge is 0.283 e. The Morgan fingerprint density at radius 2 is 1.77 bits per heavy atom. The van der Waals surface area contributed by atoms with Gasteiger partial charge in [0.05, 0.1) is 17.0 Å². The van der Waals surface area contributed by atoms with Crippen molar-refractivity contribution < 1.29 is 21.6 Å². The van der Waals surface area contributed by atoms with E-state index in [9.17, 15) is 21.6 Å². The molecule has 0 saturated carbocycles. The second kappa shape index (κ2) is 6.83. The number of halogens is 3. The molecule has 9 heteroatoms. The van der Waals surface area contributed by atoms with Crippen LogP contribution in [0.4, 0.5) is 18.9 Å². The molecule has 26 heavy (non-hydrogen) atoms.